The molecule has 6 heteroatoms. The molecule has 3 heterocycles. The second-order valence-electron chi connectivity index (χ2n) is 9.02. The Labute approximate surface area is 196 Å². The Morgan fingerprint density at radius 2 is 1.82 bits per heavy atom. The maximum absolute atomic E-state index is 13.6. The summed E-state index contributed by atoms with van der Waals surface area (Å²) in [6.45, 7) is 9.39. The number of hydrogen-bond acceptors (Lipinski definition) is 5. The summed E-state index contributed by atoms with van der Waals surface area (Å²) in [6.07, 6.45) is 9.12. The molecule has 1 fully saturated rings. The van der Waals surface area contributed by atoms with Gasteiger partial charge in [-0.25, -0.2) is 9.97 Å². The normalized spacial score (nSPS) is 17.0. The Morgan fingerprint density at radius 1 is 1.03 bits per heavy atom. The molecule has 0 N–H and O–H groups in total. The maximum atomic E-state index is 13.6. The van der Waals surface area contributed by atoms with Gasteiger partial charge >= 0.3 is 0 Å². The number of aromatic nitrogens is 3. The average molecular weight is 444 g/mol. The molecule has 0 bridgehead atoms. The number of carbonyl (C=O) groups is 1. The fraction of sp³-hybridized carbons (Fsp3) is 0.407. The zero-order valence-electron chi connectivity index (χ0n) is 19.8. The third-order valence-electron chi connectivity index (χ3n) is 6.22. The summed E-state index contributed by atoms with van der Waals surface area (Å²) in [5, 5.41) is 0. The number of hydrogen-bond donors (Lipinski definition) is 0. The minimum absolute atomic E-state index is 0.212. The van der Waals surface area contributed by atoms with Gasteiger partial charge in [-0.3, -0.25) is 14.7 Å². The summed E-state index contributed by atoms with van der Waals surface area (Å²) >= 11 is 0. The lowest BCUT2D eigenvalue weighted by Crippen LogP contribution is -2.57. The van der Waals surface area contributed by atoms with Crippen LogP contribution in [0.1, 0.15) is 50.1 Å². The van der Waals surface area contributed by atoms with Crippen LogP contribution in [0.5, 0.6) is 0 Å². The van der Waals surface area contributed by atoms with Gasteiger partial charge in [0.05, 0.1) is 6.04 Å². The summed E-state index contributed by atoms with van der Waals surface area (Å²) < 4.78 is 0. The van der Waals surface area contributed by atoms with Crippen molar-refractivity contribution in [2.75, 3.05) is 19.6 Å². The fourth-order valence-electron chi connectivity index (χ4n) is 4.47. The predicted octanol–water partition coefficient (Wildman–Crippen LogP) is 4.33. The van der Waals surface area contributed by atoms with Gasteiger partial charge in [0.25, 0.3) is 0 Å². The highest BCUT2D eigenvalue weighted by atomic mass is 16.2. The van der Waals surface area contributed by atoms with Crippen LogP contribution in [0.15, 0.2) is 61.2 Å². The summed E-state index contributed by atoms with van der Waals surface area (Å²) in [5.74, 6) is 1.36. The molecule has 0 unspecified atom stereocenters. The van der Waals surface area contributed by atoms with Crippen LogP contribution in [-0.4, -0.2) is 56.3 Å². The first-order chi connectivity index (χ1) is 16.1. The van der Waals surface area contributed by atoms with Crippen LogP contribution >= 0.6 is 0 Å². The molecule has 0 spiro atoms. The van der Waals surface area contributed by atoms with Gasteiger partial charge in [-0.2, -0.15) is 0 Å². The van der Waals surface area contributed by atoms with Crippen LogP contribution in [-0.2, 0) is 17.8 Å². The first kappa shape index (κ1) is 23.1. The van der Waals surface area contributed by atoms with E-state index in [4.69, 9.17) is 0 Å². The molecule has 1 aromatic carbocycles. The van der Waals surface area contributed by atoms with E-state index in [-0.39, 0.29) is 11.9 Å². The highest BCUT2D eigenvalue weighted by molar-refractivity contribution is 5.83. The second-order valence-corrected chi connectivity index (χ2v) is 9.02. The van der Waals surface area contributed by atoms with E-state index in [9.17, 15) is 4.79 Å². The molecule has 1 atom stereocenters. The van der Waals surface area contributed by atoms with E-state index >= 15 is 0 Å². The standard InChI is InChI=1S/C27H33N5O/c1-4-12-31-13-14-32(19-21-16-29-26(20(2)3)30-17-21)25(27(31)33)15-22-8-5-6-10-24(22)23-9-7-11-28-18-23/h5-11,16-18,20,25H,4,12-15,19H2,1-3H3/t25-/m1/s1. The third kappa shape index (κ3) is 5.45. The van der Waals surface area contributed by atoms with Crippen LogP contribution in [0.3, 0.4) is 0 Å². The summed E-state index contributed by atoms with van der Waals surface area (Å²) in [7, 11) is 0. The number of amides is 1. The quantitative estimate of drug-likeness (QED) is 0.519. The highest BCUT2D eigenvalue weighted by Gasteiger charge is 2.35. The zero-order valence-corrected chi connectivity index (χ0v) is 19.8. The SMILES string of the molecule is CCCN1CCN(Cc2cnc(C(C)C)nc2)[C@H](Cc2ccccc2-c2cccnc2)C1=O. The molecule has 4 rings (SSSR count). The second kappa shape index (κ2) is 10.7. The molecule has 1 aliphatic rings. The Bertz CT molecular complexity index is 1050. The number of benzene rings is 1. The zero-order chi connectivity index (χ0) is 23.2. The first-order valence-electron chi connectivity index (χ1n) is 11.9. The third-order valence-corrected chi connectivity index (χ3v) is 6.22. The van der Waals surface area contributed by atoms with Crippen molar-refractivity contribution in [3.8, 4) is 11.1 Å². The van der Waals surface area contributed by atoms with Crippen molar-refractivity contribution in [2.45, 2.75) is 52.1 Å². The molecule has 172 valence electrons. The number of carbonyl (C=O) groups excluding carboxylic acids is 1. The predicted molar refractivity (Wildman–Crippen MR) is 131 cm³/mol. The van der Waals surface area contributed by atoms with E-state index in [0.717, 1.165) is 48.6 Å². The van der Waals surface area contributed by atoms with Crippen molar-refractivity contribution in [1.29, 1.82) is 0 Å². The molecular formula is C27H33N5O. The first-order valence-corrected chi connectivity index (χ1v) is 11.9. The lowest BCUT2D eigenvalue weighted by Gasteiger charge is -2.41. The van der Waals surface area contributed by atoms with Crippen molar-refractivity contribution < 1.29 is 4.79 Å². The van der Waals surface area contributed by atoms with Crippen molar-refractivity contribution in [3.63, 3.8) is 0 Å². The lowest BCUT2D eigenvalue weighted by atomic mass is 9.93. The molecule has 0 saturated carbocycles. The van der Waals surface area contributed by atoms with Crippen LogP contribution in [0.2, 0.25) is 0 Å². The van der Waals surface area contributed by atoms with Gasteiger partial charge in [-0.1, -0.05) is 51.1 Å². The van der Waals surface area contributed by atoms with Crippen molar-refractivity contribution in [2.24, 2.45) is 0 Å². The van der Waals surface area contributed by atoms with Gasteiger partial charge in [-0.05, 0) is 30.0 Å². The molecule has 33 heavy (non-hydrogen) atoms. The summed E-state index contributed by atoms with van der Waals surface area (Å²) in [4.78, 5) is 31.2. The van der Waals surface area contributed by atoms with E-state index in [2.05, 4.69) is 64.9 Å². The van der Waals surface area contributed by atoms with Gasteiger partial charge in [-0.15, -0.1) is 0 Å². The van der Waals surface area contributed by atoms with Gasteiger partial charge < -0.3 is 4.90 Å². The minimum atomic E-state index is -0.215. The Kier molecular flexibility index (Phi) is 7.45. The molecule has 1 amide bonds. The van der Waals surface area contributed by atoms with E-state index in [1.165, 1.54) is 5.56 Å². The summed E-state index contributed by atoms with van der Waals surface area (Å²) in [5.41, 5.74) is 4.42. The van der Waals surface area contributed by atoms with Crippen molar-refractivity contribution in [3.05, 3.63) is 78.1 Å². The van der Waals surface area contributed by atoms with Crippen molar-refractivity contribution in [1.82, 2.24) is 24.8 Å². The summed E-state index contributed by atoms with van der Waals surface area (Å²) in [6, 6.07) is 12.2. The molecule has 3 aromatic rings. The van der Waals surface area contributed by atoms with E-state index in [1.54, 1.807) is 6.20 Å². The average Bonchev–Trinajstić information content (AvgIpc) is 2.84. The maximum Gasteiger partial charge on any atom is 0.240 e. The van der Waals surface area contributed by atoms with Crippen LogP contribution < -0.4 is 0 Å². The minimum Gasteiger partial charge on any atom is -0.340 e. The van der Waals surface area contributed by atoms with Crippen molar-refractivity contribution >= 4 is 5.91 Å². The molecule has 0 radical (unpaired) electrons. The molecule has 0 aliphatic carbocycles. The molecule has 2 aromatic heterocycles. The van der Waals surface area contributed by atoms with Gasteiger partial charge in [0.1, 0.15) is 5.82 Å². The Morgan fingerprint density at radius 3 is 2.52 bits per heavy atom. The van der Waals surface area contributed by atoms with E-state index in [1.807, 2.05) is 35.6 Å². The Balaban J connectivity index is 1.61. The molecule has 1 saturated heterocycles. The van der Waals surface area contributed by atoms with Gasteiger partial charge in [0, 0.05) is 68.0 Å². The van der Waals surface area contributed by atoms with E-state index in [0.29, 0.717) is 18.9 Å². The number of rotatable bonds is 8. The highest BCUT2D eigenvalue weighted by Crippen LogP contribution is 2.27. The number of nitrogens with zero attached hydrogens (tertiary/aromatic N) is 5. The topological polar surface area (TPSA) is 62.2 Å². The smallest absolute Gasteiger partial charge is 0.240 e. The molecule has 1 aliphatic heterocycles. The van der Waals surface area contributed by atoms with Crippen LogP contribution in [0.25, 0.3) is 11.1 Å². The lowest BCUT2D eigenvalue weighted by molar-refractivity contribution is -0.142. The monoisotopic (exact) mass is 443 g/mol. The fourth-order valence-corrected chi connectivity index (χ4v) is 4.47. The van der Waals surface area contributed by atoms with Gasteiger partial charge in [0.2, 0.25) is 5.91 Å². The van der Waals surface area contributed by atoms with Crippen LogP contribution in [0.4, 0.5) is 0 Å². The molecular weight excluding hydrogens is 410 g/mol. The number of piperazine rings is 1. The largest absolute Gasteiger partial charge is 0.340 e. The van der Waals surface area contributed by atoms with Crippen LogP contribution in [0, 0.1) is 0 Å². The van der Waals surface area contributed by atoms with E-state index < -0.39 is 0 Å². The number of pyridine rings is 1. The Hall–Kier alpha value is -3.12. The van der Waals surface area contributed by atoms with Gasteiger partial charge in [0.15, 0.2) is 0 Å². The molecule has 6 nitrogen and oxygen atoms in total.